The molecule has 16 heteroatoms. The third kappa shape index (κ3) is 7.95. The minimum absolute atomic E-state index is 0.00952. The number of carbonyl (C=O) groups is 1. The zero-order chi connectivity index (χ0) is 35.5. The number of ether oxygens (including phenoxy) is 1. The molecule has 0 bridgehead atoms. The predicted octanol–water partition coefficient (Wildman–Crippen LogP) is 7.71. The number of aromatic nitrogens is 3. The second-order valence-corrected chi connectivity index (χ2v) is 13.9. The first-order valence-corrected chi connectivity index (χ1v) is 17.6. The topological polar surface area (TPSA) is 163 Å². The van der Waals surface area contributed by atoms with Crippen molar-refractivity contribution < 1.29 is 41.4 Å². The molecule has 12 nitrogen and oxygen atoms in total. The van der Waals surface area contributed by atoms with Crippen LogP contribution in [0, 0.1) is 5.92 Å². The number of fused-ring (bicyclic) bond motifs is 1. The first kappa shape index (κ1) is 36.0. The standard InChI is InChI=1S/C33H40F3N6O6P/c1-5-47-49(45,48-6-2)18-19-7-13-25(27(15-19)46-4)40-32-38-16-24(33(34,35)36)30(41-32)39-26-14-12-22(23-17-42(3)31(44)28(23)26)20-8-10-21(11-9-20)29(37)43/h7,12-17,20-21,44H,5-6,8-11,18H2,1-4H3,(H2,37,43)(H2,38,39,40,41). The van der Waals surface area contributed by atoms with E-state index in [-0.39, 0.29) is 54.6 Å². The monoisotopic (exact) mass is 704 g/mol. The average Bonchev–Trinajstić information content (AvgIpc) is 3.35. The Hall–Kier alpha value is -4.33. The Morgan fingerprint density at radius 2 is 1.76 bits per heavy atom. The highest BCUT2D eigenvalue weighted by atomic mass is 31.2. The number of anilines is 4. The van der Waals surface area contributed by atoms with Gasteiger partial charge in [-0.3, -0.25) is 9.36 Å². The number of methoxy groups -OCH3 is 1. The van der Waals surface area contributed by atoms with E-state index in [2.05, 4.69) is 20.6 Å². The summed E-state index contributed by atoms with van der Waals surface area (Å²) in [6.07, 6.45) is 0.311. The number of carbonyl (C=O) groups excluding carboxylic acids is 1. The van der Waals surface area contributed by atoms with Gasteiger partial charge in [0.05, 0.1) is 43.2 Å². The molecule has 1 aliphatic carbocycles. The number of hydrogen-bond acceptors (Lipinski definition) is 10. The number of aryl methyl sites for hydroxylation is 1. The number of rotatable bonds is 13. The maximum absolute atomic E-state index is 14.2. The summed E-state index contributed by atoms with van der Waals surface area (Å²) in [5.74, 6) is -0.944. The minimum Gasteiger partial charge on any atom is -0.495 e. The van der Waals surface area contributed by atoms with E-state index in [0.29, 0.717) is 59.7 Å². The van der Waals surface area contributed by atoms with Gasteiger partial charge in [0.1, 0.15) is 17.1 Å². The van der Waals surface area contributed by atoms with E-state index in [0.717, 1.165) is 5.56 Å². The first-order chi connectivity index (χ1) is 23.3. The molecular formula is C33H40F3N6O6P. The van der Waals surface area contributed by atoms with Gasteiger partial charge in [0.25, 0.3) is 0 Å². The molecule has 2 aromatic heterocycles. The molecule has 0 aliphatic heterocycles. The summed E-state index contributed by atoms with van der Waals surface area (Å²) in [7, 11) is -0.342. The Morgan fingerprint density at radius 3 is 2.37 bits per heavy atom. The predicted molar refractivity (Wildman–Crippen MR) is 180 cm³/mol. The summed E-state index contributed by atoms with van der Waals surface area (Å²) in [6.45, 7) is 3.84. The number of nitrogens with one attached hydrogen (secondary N) is 2. The fourth-order valence-electron chi connectivity index (χ4n) is 6.27. The van der Waals surface area contributed by atoms with Crippen molar-refractivity contribution in [3.63, 3.8) is 0 Å². The van der Waals surface area contributed by atoms with Crippen molar-refractivity contribution >= 4 is 47.4 Å². The van der Waals surface area contributed by atoms with Gasteiger partial charge in [-0.1, -0.05) is 12.1 Å². The number of primary amides is 1. The van der Waals surface area contributed by atoms with Crippen LogP contribution < -0.4 is 21.1 Å². The molecule has 5 rings (SSSR count). The van der Waals surface area contributed by atoms with E-state index in [9.17, 15) is 27.6 Å². The van der Waals surface area contributed by atoms with Crippen LogP contribution in [0.1, 0.15) is 62.1 Å². The number of hydrogen-bond donors (Lipinski definition) is 4. The zero-order valence-corrected chi connectivity index (χ0v) is 28.5. The fourth-order valence-corrected chi connectivity index (χ4v) is 7.96. The van der Waals surface area contributed by atoms with Crippen molar-refractivity contribution in [2.75, 3.05) is 31.0 Å². The second kappa shape index (κ2) is 14.7. The highest BCUT2D eigenvalue weighted by Crippen LogP contribution is 2.52. The Bertz CT molecular complexity index is 1870. The Balaban J connectivity index is 1.47. The maximum atomic E-state index is 14.2. The van der Waals surface area contributed by atoms with Crippen LogP contribution in [0.5, 0.6) is 11.6 Å². The van der Waals surface area contributed by atoms with E-state index in [1.165, 1.54) is 11.7 Å². The zero-order valence-electron chi connectivity index (χ0n) is 27.6. The van der Waals surface area contributed by atoms with Crippen molar-refractivity contribution in [2.24, 2.45) is 18.7 Å². The number of amides is 1. The van der Waals surface area contributed by atoms with Crippen molar-refractivity contribution in [3.05, 3.63) is 59.4 Å². The quantitative estimate of drug-likeness (QED) is 0.101. The SMILES string of the molecule is CCOP(=O)(Cc1ccc(Nc2ncc(C(F)(F)F)c(Nc3ccc(C4CCC(C(N)=O)CC4)c4cn(C)c(O)c34)n2)c(OC)c1)OCC. The Kier molecular flexibility index (Phi) is 10.8. The summed E-state index contributed by atoms with van der Waals surface area (Å²) >= 11 is 0. The molecule has 0 radical (unpaired) electrons. The maximum Gasteiger partial charge on any atom is 0.421 e. The van der Waals surface area contributed by atoms with Crippen LogP contribution in [0.15, 0.2) is 42.7 Å². The third-order valence-electron chi connectivity index (χ3n) is 8.62. The van der Waals surface area contributed by atoms with Gasteiger partial charge in [0.15, 0.2) is 0 Å². The van der Waals surface area contributed by atoms with Gasteiger partial charge >= 0.3 is 13.8 Å². The van der Waals surface area contributed by atoms with Crippen LogP contribution >= 0.6 is 7.60 Å². The molecule has 4 aromatic rings. The minimum atomic E-state index is -4.80. The molecule has 0 spiro atoms. The number of benzene rings is 2. The lowest BCUT2D eigenvalue weighted by Gasteiger charge is -2.27. The molecular weight excluding hydrogens is 664 g/mol. The normalized spacial score (nSPS) is 16.9. The molecule has 1 saturated carbocycles. The molecule has 2 heterocycles. The number of nitrogens with two attached hydrogens (primary N) is 1. The lowest BCUT2D eigenvalue weighted by molar-refractivity contribution is -0.137. The molecule has 1 fully saturated rings. The van der Waals surface area contributed by atoms with Gasteiger partial charge in [-0.2, -0.15) is 18.2 Å². The van der Waals surface area contributed by atoms with Gasteiger partial charge in [0.2, 0.25) is 17.7 Å². The number of alkyl halides is 3. The molecule has 0 saturated heterocycles. The van der Waals surface area contributed by atoms with Gasteiger partial charge in [-0.25, -0.2) is 4.98 Å². The largest absolute Gasteiger partial charge is 0.495 e. The fraction of sp³-hybridized carbons (Fsp3) is 0.424. The third-order valence-corrected chi connectivity index (χ3v) is 10.7. The smallest absolute Gasteiger partial charge is 0.421 e. The molecule has 0 unspecified atom stereocenters. The van der Waals surface area contributed by atoms with Gasteiger partial charge in [0, 0.05) is 30.7 Å². The van der Waals surface area contributed by atoms with Crippen molar-refractivity contribution in [3.8, 4) is 11.6 Å². The highest BCUT2D eigenvalue weighted by molar-refractivity contribution is 7.53. The molecule has 5 N–H and O–H groups in total. The van der Waals surface area contributed by atoms with Crippen LogP contribution in [0.25, 0.3) is 10.8 Å². The summed E-state index contributed by atoms with van der Waals surface area (Å²) in [5.41, 5.74) is 6.48. The van der Waals surface area contributed by atoms with Crippen LogP contribution in [-0.2, 0) is 37.8 Å². The van der Waals surface area contributed by atoms with Crippen LogP contribution in [0.2, 0.25) is 0 Å². The Labute approximate surface area is 281 Å². The summed E-state index contributed by atoms with van der Waals surface area (Å²) in [6, 6.07) is 8.33. The van der Waals surface area contributed by atoms with Crippen LogP contribution in [0.4, 0.5) is 36.3 Å². The second-order valence-electron chi connectivity index (χ2n) is 11.8. The van der Waals surface area contributed by atoms with Crippen molar-refractivity contribution in [2.45, 2.75) is 57.8 Å². The Morgan fingerprint density at radius 1 is 1.08 bits per heavy atom. The molecule has 2 aromatic carbocycles. The van der Waals surface area contributed by atoms with Gasteiger partial charge in [-0.05, 0) is 74.8 Å². The van der Waals surface area contributed by atoms with E-state index in [4.69, 9.17) is 19.5 Å². The lowest BCUT2D eigenvalue weighted by atomic mass is 9.77. The number of halogens is 3. The van der Waals surface area contributed by atoms with Crippen LogP contribution in [-0.4, -0.2) is 45.9 Å². The van der Waals surface area contributed by atoms with Gasteiger partial charge in [-0.15, -0.1) is 0 Å². The van der Waals surface area contributed by atoms with E-state index in [1.807, 2.05) is 6.07 Å². The summed E-state index contributed by atoms with van der Waals surface area (Å²) < 4.78 is 73.5. The summed E-state index contributed by atoms with van der Waals surface area (Å²) in [5, 5.41) is 17.8. The van der Waals surface area contributed by atoms with Crippen molar-refractivity contribution in [1.82, 2.24) is 14.5 Å². The number of nitrogens with zero attached hydrogens (tertiary/aromatic N) is 3. The number of aromatic hydroxyl groups is 1. The van der Waals surface area contributed by atoms with Crippen molar-refractivity contribution in [1.29, 1.82) is 0 Å². The molecule has 1 amide bonds. The molecule has 0 atom stereocenters. The van der Waals surface area contributed by atoms with E-state index < -0.39 is 25.2 Å². The highest BCUT2D eigenvalue weighted by Gasteiger charge is 2.36. The molecule has 264 valence electrons. The summed E-state index contributed by atoms with van der Waals surface area (Å²) in [4.78, 5) is 19.8. The lowest BCUT2D eigenvalue weighted by Crippen LogP contribution is -2.27. The van der Waals surface area contributed by atoms with E-state index >= 15 is 0 Å². The average molecular weight is 705 g/mol. The van der Waals surface area contributed by atoms with Crippen LogP contribution in [0.3, 0.4) is 0 Å². The van der Waals surface area contributed by atoms with E-state index in [1.54, 1.807) is 51.4 Å². The molecule has 1 aliphatic rings. The van der Waals surface area contributed by atoms with Gasteiger partial charge < -0.3 is 39.8 Å². The first-order valence-electron chi connectivity index (χ1n) is 15.9. The molecule has 49 heavy (non-hydrogen) atoms.